The molecule has 0 aromatic carbocycles. The number of anilines is 1. The zero-order chi connectivity index (χ0) is 21.3. The van der Waals surface area contributed by atoms with Crippen LogP contribution < -0.4 is 4.90 Å². The third kappa shape index (κ3) is 6.18. The average Bonchev–Trinajstić information content (AvgIpc) is 3.00. The van der Waals surface area contributed by atoms with Crippen molar-refractivity contribution in [2.75, 3.05) is 38.1 Å². The first-order valence-corrected chi connectivity index (χ1v) is 10.4. The molecule has 1 N–H and O–H groups in total. The molecule has 1 aromatic rings. The molecule has 0 bridgehead atoms. The van der Waals surface area contributed by atoms with Crippen molar-refractivity contribution in [3.05, 3.63) is 17.0 Å². The third-order valence-corrected chi connectivity index (χ3v) is 5.53. The molecule has 1 aliphatic heterocycles. The number of aliphatic hydroxyl groups is 1. The molecule has 1 aromatic heterocycles. The fourth-order valence-electron chi connectivity index (χ4n) is 3.21. The van der Waals surface area contributed by atoms with E-state index in [0.717, 1.165) is 13.1 Å². The van der Waals surface area contributed by atoms with E-state index in [4.69, 9.17) is 4.74 Å². The van der Waals surface area contributed by atoms with E-state index in [0.29, 0.717) is 23.0 Å². The van der Waals surface area contributed by atoms with E-state index in [2.05, 4.69) is 4.90 Å². The van der Waals surface area contributed by atoms with Gasteiger partial charge in [-0.1, -0.05) is 0 Å². The van der Waals surface area contributed by atoms with Gasteiger partial charge in [-0.2, -0.15) is 0 Å². The van der Waals surface area contributed by atoms with Gasteiger partial charge in [0.2, 0.25) is 0 Å². The van der Waals surface area contributed by atoms with Gasteiger partial charge < -0.3 is 14.7 Å². The molecule has 1 aliphatic rings. The summed E-state index contributed by atoms with van der Waals surface area (Å²) in [4.78, 5) is 31.3. The summed E-state index contributed by atoms with van der Waals surface area (Å²) in [7, 11) is 1.65. The second-order valence-corrected chi connectivity index (χ2v) is 10.1. The highest BCUT2D eigenvalue weighted by Gasteiger charge is 2.31. The van der Waals surface area contributed by atoms with E-state index in [1.807, 2.05) is 32.6 Å². The van der Waals surface area contributed by atoms with Gasteiger partial charge >= 0.3 is 6.09 Å². The Kier molecular flexibility index (Phi) is 6.78. The van der Waals surface area contributed by atoms with Gasteiger partial charge in [-0.05, 0) is 53.7 Å². The first-order valence-electron chi connectivity index (χ1n) is 9.59. The molecule has 0 aliphatic carbocycles. The third-order valence-electron chi connectivity index (χ3n) is 4.38. The van der Waals surface area contributed by atoms with Crippen LogP contribution in [0.15, 0.2) is 12.1 Å². The molecule has 0 radical (unpaired) electrons. The van der Waals surface area contributed by atoms with Crippen LogP contribution in [-0.4, -0.2) is 77.4 Å². The maximum Gasteiger partial charge on any atom is 0.415 e. The minimum absolute atomic E-state index is 0.0238. The normalized spacial score (nSPS) is 18.9. The number of hydrogen-bond donors (Lipinski definition) is 1. The van der Waals surface area contributed by atoms with Crippen molar-refractivity contribution in [2.45, 2.75) is 58.8 Å². The number of thiophene rings is 1. The van der Waals surface area contributed by atoms with Crippen LogP contribution in [0.3, 0.4) is 0 Å². The molecule has 8 heteroatoms. The van der Waals surface area contributed by atoms with Gasteiger partial charge in [0.15, 0.2) is 0 Å². The summed E-state index contributed by atoms with van der Waals surface area (Å²) in [6.07, 6.45) is -0.443. The minimum atomic E-state index is -0.749. The number of piperazine rings is 1. The Morgan fingerprint density at radius 3 is 2.43 bits per heavy atom. The molecule has 1 atom stereocenters. The predicted octanol–water partition coefficient (Wildman–Crippen LogP) is 3.04. The number of β-amino-alcohol motifs (C(OH)–C–C–N with tert-alkyl or cyclic N) is 1. The minimum Gasteiger partial charge on any atom is -0.443 e. The van der Waals surface area contributed by atoms with Gasteiger partial charge in [0.1, 0.15) is 10.6 Å². The molecule has 1 fully saturated rings. The van der Waals surface area contributed by atoms with Crippen LogP contribution in [0.25, 0.3) is 0 Å². The predicted molar refractivity (Wildman–Crippen MR) is 112 cm³/mol. The number of carbonyl (C=O) groups excluding carboxylic acids is 2. The second-order valence-electron chi connectivity index (χ2n) is 9.07. The fourth-order valence-corrected chi connectivity index (χ4v) is 4.12. The summed E-state index contributed by atoms with van der Waals surface area (Å²) in [6.45, 7) is 13.7. The highest BCUT2D eigenvalue weighted by Crippen LogP contribution is 2.28. The molecule has 1 saturated heterocycles. The van der Waals surface area contributed by atoms with Crippen molar-refractivity contribution in [1.29, 1.82) is 0 Å². The average molecular weight is 412 g/mol. The SMILES string of the molecule is C[C@@H]1CN(CC(C)(C)O)CCN1C(=O)c1ccc(N(C)C(=O)OC(C)(C)C)s1. The van der Waals surface area contributed by atoms with Crippen LogP contribution in [-0.2, 0) is 4.74 Å². The zero-order valence-electron chi connectivity index (χ0n) is 18.0. The smallest absolute Gasteiger partial charge is 0.415 e. The summed E-state index contributed by atoms with van der Waals surface area (Å²) in [5.41, 5.74) is -1.32. The zero-order valence-corrected chi connectivity index (χ0v) is 18.8. The largest absolute Gasteiger partial charge is 0.443 e. The summed E-state index contributed by atoms with van der Waals surface area (Å²) in [5, 5.41) is 10.7. The van der Waals surface area contributed by atoms with E-state index in [1.165, 1.54) is 16.2 Å². The summed E-state index contributed by atoms with van der Waals surface area (Å²) in [6, 6.07) is 3.59. The molecule has 0 saturated carbocycles. The highest BCUT2D eigenvalue weighted by atomic mass is 32.1. The van der Waals surface area contributed by atoms with E-state index >= 15 is 0 Å². The van der Waals surface area contributed by atoms with Crippen molar-refractivity contribution >= 4 is 28.3 Å². The Labute approximate surface area is 171 Å². The van der Waals surface area contributed by atoms with Crippen LogP contribution >= 0.6 is 11.3 Å². The number of amides is 2. The summed E-state index contributed by atoms with van der Waals surface area (Å²) in [5.74, 6) is -0.0238. The summed E-state index contributed by atoms with van der Waals surface area (Å²) >= 11 is 1.29. The molecule has 0 spiro atoms. The quantitative estimate of drug-likeness (QED) is 0.824. The molecule has 7 nitrogen and oxygen atoms in total. The Morgan fingerprint density at radius 2 is 1.89 bits per heavy atom. The van der Waals surface area contributed by atoms with Crippen molar-refractivity contribution in [3.8, 4) is 0 Å². The molecule has 2 heterocycles. The first kappa shape index (κ1) is 22.6. The molecule has 28 heavy (non-hydrogen) atoms. The molecular formula is C20H33N3O4S. The van der Waals surface area contributed by atoms with Gasteiger partial charge in [-0.15, -0.1) is 11.3 Å². The molecular weight excluding hydrogens is 378 g/mol. The Hall–Kier alpha value is -1.64. The van der Waals surface area contributed by atoms with Gasteiger partial charge in [0.05, 0.1) is 10.5 Å². The highest BCUT2D eigenvalue weighted by molar-refractivity contribution is 7.18. The van der Waals surface area contributed by atoms with Gasteiger partial charge in [-0.3, -0.25) is 14.6 Å². The van der Waals surface area contributed by atoms with Gasteiger partial charge in [0.25, 0.3) is 5.91 Å². The van der Waals surface area contributed by atoms with E-state index in [-0.39, 0.29) is 11.9 Å². The number of rotatable bonds is 4. The molecule has 0 unspecified atom stereocenters. The lowest BCUT2D eigenvalue weighted by Gasteiger charge is -2.41. The Morgan fingerprint density at radius 1 is 1.25 bits per heavy atom. The number of carbonyl (C=O) groups is 2. The maximum absolute atomic E-state index is 13.0. The van der Waals surface area contributed by atoms with Crippen LogP contribution in [0.1, 0.15) is 51.2 Å². The van der Waals surface area contributed by atoms with E-state index in [9.17, 15) is 14.7 Å². The van der Waals surface area contributed by atoms with Crippen LogP contribution in [0.4, 0.5) is 9.80 Å². The number of ether oxygens (including phenoxy) is 1. The monoisotopic (exact) mass is 411 g/mol. The van der Waals surface area contributed by atoms with Crippen LogP contribution in [0.5, 0.6) is 0 Å². The van der Waals surface area contributed by atoms with Gasteiger partial charge in [-0.25, -0.2) is 4.79 Å². The molecule has 2 rings (SSSR count). The van der Waals surface area contributed by atoms with E-state index < -0.39 is 17.3 Å². The number of nitrogens with zero attached hydrogens (tertiary/aromatic N) is 3. The second kappa shape index (κ2) is 8.39. The van der Waals surface area contributed by atoms with Crippen LogP contribution in [0, 0.1) is 0 Å². The lowest BCUT2D eigenvalue weighted by Crippen LogP contribution is -2.56. The van der Waals surface area contributed by atoms with Crippen molar-refractivity contribution in [1.82, 2.24) is 9.80 Å². The maximum atomic E-state index is 13.0. The Balaban J connectivity index is 2.01. The topological polar surface area (TPSA) is 73.3 Å². The first-order chi connectivity index (χ1) is 12.8. The van der Waals surface area contributed by atoms with Crippen molar-refractivity contribution in [2.24, 2.45) is 0 Å². The fraction of sp³-hybridized carbons (Fsp3) is 0.700. The standard InChI is InChI=1S/C20H33N3O4S/c1-14-12-22(13-20(5,6)26)10-11-23(14)17(24)15-8-9-16(28-15)21(7)18(25)27-19(2,3)4/h8-9,14,26H,10-13H2,1-7H3/t14-/m1/s1. The lowest BCUT2D eigenvalue weighted by atomic mass is 10.1. The Bertz CT molecular complexity index is 705. The molecule has 158 valence electrons. The molecule has 2 amide bonds. The van der Waals surface area contributed by atoms with E-state index in [1.54, 1.807) is 33.0 Å². The van der Waals surface area contributed by atoms with Crippen molar-refractivity contribution in [3.63, 3.8) is 0 Å². The number of hydrogen-bond acceptors (Lipinski definition) is 6. The van der Waals surface area contributed by atoms with Crippen molar-refractivity contribution < 1.29 is 19.4 Å². The van der Waals surface area contributed by atoms with Crippen LogP contribution in [0.2, 0.25) is 0 Å². The summed E-state index contributed by atoms with van der Waals surface area (Å²) < 4.78 is 5.38. The lowest BCUT2D eigenvalue weighted by molar-refractivity contribution is 0.00590. The van der Waals surface area contributed by atoms with Gasteiger partial charge in [0, 0.05) is 39.3 Å².